The predicted octanol–water partition coefficient (Wildman–Crippen LogP) is 3.18. The van der Waals surface area contributed by atoms with E-state index in [4.69, 9.17) is 4.42 Å². The zero-order chi connectivity index (χ0) is 14.3. The summed E-state index contributed by atoms with van der Waals surface area (Å²) >= 11 is 0. The van der Waals surface area contributed by atoms with Crippen molar-refractivity contribution in [3.05, 3.63) is 23.7 Å². The number of alkyl halides is 3. The van der Waals surface area contributed by atoms with Crippen LogP contribution in [0.1, 0.15) is 43.6 Å². The van der Waals surface area contributed by atoms with Gasteiger partial charge in [0.05, 0.1) is 12.6 Å². The van der Waals surface area contributed by atoms with Crippen molar-refractivity contribution in [1.82, 2.24) is 4.90 Å². The number of halogens is 3. The molecule has 0 aromatic carbocycles. The zero-order valence-electron chi connectivity index (χ0n) is 11.1. The largest absolute Gasteiger partial charge is 0.455 e. The first kappa shape index (κ1) is 13.9. The average molecular weight is 289 g/mol. The Morgan fingerprint density at radius 1 is 1.20 bits per heavy atom. The summed E-state index contributed by atoms with van der Waals surface area (Å²) < 4.78 is 42.5. The van der Waals surface area contributed by atoms with Gasteiger partial charge in [0.25, 0.3) is 0 Å². The molecule has 3 heterocycles. The lowest BCUT2D eigenvalue weighted by atomic mass is 9.83. The lowest BCUT2D eigenvalue weighted by molar-refractivity contribution is -0.153. The molecule has 6 heteroatoms. The highest BCUT2D eigenvalue weighted by Crippen LogP contribution is 2.36. The molecule has 2 saturated heterocycles. The van der Waals surface area contributed by atoms with E-state index in [1.165, 1.54) is 6.07 Å². The second-order valence-electron chi connectivity index (χ2n) is 5.80. The van der Waals surface area contributed by atoms with Gasteiger partial charge in [0, 0.05) is 12.1 Å². The topological polar surface area (TPSA) is 36.6 Å². The van der Waals surface area contributed by atoms with Crippen molar-refractivity contribution in [1.29, 1.82) is 0 Å². The molecule has 2 aliphatic heterocycles. The van der Waals surface area contributed by atoms with Crippen LogP contribution in [0.3, 0.4) is 0 Å². The van der Waals surface area contributed by atoms with Gasteiger partial charge in [0.1, 0.15) is 5.76 Å². The molecule has 1 N–H and O–H groups in total. The SMILES string of the molecule is OC1C[C@H]2CCC[C@@H](C1)N2Cc1ccc(C(F)(F)F)o1. The standard InChI is InChI=1S/C14H18F3NO2/c15-14(16,17)13-5-4-12(20-13)8-18-9-2-1-3-10(18)7-11(19)6-9/h4-5,9-11,19H,1-3,6-8H2/t9-,10+,11?. The highest BCUT2D eigenvalue weighted by atomic mass is 19.4. The number of hydrogen-bond donors (Lipinski definition) is 1. The van der Waals surface area contributed by atoms with Crippen molar-refractivity contribution in [2.75, 3.05) is 0 Å². The molecule has 0 spiro atoms. The number of piperidine rings is 2. The van der Waals surface area contributed by atoms with Crippen molar-refractivity contribution in [2.45, 2.75) is 63.0 Å². The molecule has 20 heavy (non-hydrogen) atoms. The molecule has 1 unspecified atom stereocenters. The van der Waals surface area contributed by atoms with Crippen LogP contribution in [-0.4, -0.2) is 28.2 Å². The summed E-state index contributed by atoms with van der Waals surface area (Å²) in [5, 5.41) is 9.81. The normalized spacial score (nSPS) is 31.5. The third kappa shape index (κ3) is 2.72. The van der Waals surface area contributed by atoms with Gasteiger partial charge in [-0.15, -0.1) is 0 Å². The molecule has 2 bridgehead atoms. The van der Waals surface area contributed by atoms with E-state index < -0.39 is 11.9 Å². The molecular formula is C14H18F3NO2. The number of furan rings is 1. The summed E-state index contributed by atoms with van der Waals surface area (Å²) in [6, 6.07) is 2.92. The van der Waals surface area contributed by atoms with E-state index in [1.807, 2.05) is 0 Å². The Kier molecular flexibility index (Phi) is 3.54. The predicted molar refractivity (Wildman–Crippen MR) is 65.9 cm³/mol. The molecule has 0 radical (unpaired) electrons. The molecule has 2 fully saturated rings. The second kappa shape index (κ2) is 5.07. The van der Waals surface area contributed by atoms with Crippen LogP contribution in [0.5, 0.6) is 0 Å². The molecule has 1 aromatic heterocycles. The molecule has 1 aromatic rings. The summed E-state index contributed by atoms with van der Waals surface area (Å²) in [6.07, 6.45) is -0.145. The Morgan fingerprint density at radius 3 is 2.40 bits per heavy atom. The molecule has 3 atom stereocenters. The molecule has 3 nitrogen and oxygen atoms in total. The Bertz CT molecular complexity index is 457. The van der Waals surface area contributed by atoms with Crippen LogP contribution in [-0.2, 0) is 12.7 Å². The first-order valence-corrected chi connectivity index (χ1v) is 7.03. The summed E-state index contributed by atoms with van der Waals surface area (Å²) in [5.41, 5.74) is 0. The Hall–Kier alpha value is -1.01. The number of nitrogens with zero attached hydrogens (tertiary/aromatic N) is 1. The van der Waals surface area contributed by atoms with E-state index in [1.54, 1.807) is 0 Å². The van der Waals surface area contributed by atoms with Crippen molar-refractivity contribution >= 4 is 0 Å². The maximum absolute atomic E-state index is 12.5. The summed E-state index contributed by atoms with van der Waals surface area (Å²) in [6.45, 7) is 0.401. The van der Waals surface area contributed by atoms with Gasteiger partial charge in [-0.05, 0) is 37.8 Å². The van der Waals surface area contributed by atoms with Crippen molar-refractivity contribution in [2.24, 2.45) is 0 Å². The fourth-order valence-corrected chi connectivity index (χ4v) is 3.50. The van der Waals surface area contributed by atoms with Gasteiger partial charge >= 0.3 is 6.18 Å². The minimum Gasteiger partial charge on any atom is -0.455 e. The Balaban J connectivity index is 1.72. The van der Waals surface area contributed by atoms with E-state index in [9.17, 15) is 18.3 Å². The highest BCUT2D eigenvalue weighted by molar-refractivity contribution is 5.10. The van der Waals surface area contributed by atoms with Crippen molar-refractivity contribution in [3.8, 4) is 0 Å². The molecule has 2 aliphatic rings. The van der Waals surface area contributed by atoms with E-state index in [2.05, 4.69) is 4.90 Å². The maximum atomic E-state index is 12.5. The molecule has 112 valence electrons. The lowest BCUT2D eigenvalue weighted by Gasteiger charge is -2.47. The third-order valence-corrected chi connectivity index (χ3v) is 4.38. The monoisotopic (exact) mass is 289 g/mol. The second-order valence-corrected chi connectivity index (χ2v) is 5.80. The van der Waals surface area contributed by atoms with Crippen LogP contribution in [0.25, 0.3) is 0 Å². The zero-order valence-corrected chi connectivity index (χ0v) is 11.1. The number of hydrogen-bond acceptors (Lipinski definition) is 3. The number of aliphatic hydroxyl groups is 1. The van der Waals surface area contributed by atoms with Gasteiger partial charge in [-0.2, -0.15) is 13.2 Å². The quantitative estimate of drug-likeness (QED) is 0.908. The summed E-state index contributed by atoms with van der Waals surface area (Å²) in [7, 11) is 0. The van der Waals surface area contributed by atoms with Gasteiger partial charge in [0.2, 0.25) is 5.76 Å². The van der Waals surface area contributed by atoms with Crippen LogP contribution in [0, 0.1) is 0 Å². The van der Waals surface area contributed by atoms with Crippen molar-refractivity contribution < 1.29 is 22.7 Å². The van der Waals surface area contributed by atoms with E-state index in [-0.39, 0.29) is 18.2 Å². The molecule has 0 saturated carbocycles. The van der Waals surface area contributed by atoms with E-state index >= 15 is 0 Å². The van der Waals surface area contributed by atoms with Gasteiger partial charge in [-0.3, -0.25) is 4.90 Å². The minimum atomic E-state index is -4.42. The first-order valence-electron chi connectivity index (χ1n) is 7.03. The van der Waals surface area contributed by atoms with Crippen LogP contribution in [0.2, 0.25) is 0 Å². The van der Waals surface area contributed by atoms with Gasteiger partial charge in [-0.1, -0.05) is 6.42 Å². The number of rotatable bonds is 2. The number of fused-ring (bicyclic) bond motifs is 2. The van der Waals surface area contributed by atoms with E-state index in [0.717, 1.165) is 25.3 Å². The summed E-state index contributed by atoms with van der Waals surface area (Å²) in [5.74, 6) is -0.583. The summed E-state index contributed by atoms with van der Waals surface area (Å²) in [4.78, 5) is 2.20. The van der Waals surface area contributed by atoms with Crippen LogP contribution >= 0.6 is 0 Å². The van der Waals surface area contributed by atoms with Gasteiger partial charge in [-0.25, -0.2) is 0 Å². The lowest BCUT2D eigenvalue weighted by Crippen LogP contribution is -2.52. The Labute approximate surface area is 115 Å². The Morgan fingerprint density at radius 2 is 1.85 bits per heavy atom. The van der Waals surface area contributed by atoms with Crippen LogP contribution in [0.4, 0.5) is 13.2 Å². The maximum Gasteiger partial charge on any atom is 0.449 e. The fraction of sp³-hybridized carbons (Fsp3) is 0.714. The number of aliphatic hydroxyl groups excluding tert-OH is 1. The van der Waals surface area contributed by atoms with E-state index in [0.29, 0.717) is 25.1 Å². The van der Waals surface area contributed by atoms with Gasteiger partial charge < -0.3 is 9.52 Å². The van der Waals surface area contributed by atoms with Crippen LogP contribution < -0.4 is 0 Å². The fourth-order valence-electron chi connectivity index (χ4n) is 3.50. The van der Waals surface area contributed by atoms with Gasteiger partial charge in [0.15, 0.2) is 0 Å². The molecular weight excluding hydrogens is 271 g/mol. The van der Waals surface area contributed by atoms with Crippen molar-refractivity contribution in [3.63, 3.8) is 0 Å². The van der Waals surface area contributed by atoms with Crippen LogP contribution in [0.15, 0.2) is 16.5 Å². The smallest absolute Gasteiger partial charge is 0.449 e. The third-order valence-electron chi connectivity index (χ3n) is 4.38. The molecule has 0 amide bonds. The minimum absolute atomic E-state index is 0.261. The molecule has 3 rings (SSSR count). The first-order chi connectivity index (χ1) is 9.43. The average Bonchev–Trinajstić information content (AvgIpc) is 2.78. The molecule has 0 aliphatic carbocycles. The highest BCUT2D eigenvalue weighted by Gasteiger charge is 2.39.